The molecule has 1 unspecified atom stereocenters. The third-order valence-corrected chi connectivity index (χ3v) is 2.01. The van der Waals surface area contributed by atoms with Crippen LogP contribution in [-0.2, 0) is 0 Å². The summed E-state index contributed by atoms with van der Waals surface area (Å²) in [5.41, 5.74) is 6.29. The van der Waals surface area contributed by atoms with E-state index in [0.29, 0.717) is 30.2 Å². The number of hydrogen-bond acceptors (Lipinski definition) is 4. The maximum Gasteiger partial charge on any atom is 0.145 e. The molecule has 15 heavy (non-hydrogen) atoms. The largest absolute Gasteiger partial charge is 0.497 e. The number of anilines is 1. The molecule has 4 heteroatoms. The van der Waals surface area contributed by atoms with E-state index in [1.165, 1.54) is 0 Å². The van der Waals surface area contributed by atoms with Crippen LogP contribution in [0, 0.1) is 0 Å². The van der Waals surface area contributed by atoms with Gasteiger partial charge < -0.3 is 20.3 Å². The van der Waals surface area contributed by atoms with E-state index in [9.17, 15) is 0 Å². The molecule has 0 spiro atoms. The van der Waals surface area contributed by atoms with E-state index >= 15 is 0 Å². The number of nitrogens with two attached hydrogens (primary N) is 1. The van der Waals surface area contributed by atoms with Crippen LogP contribution < -0.4 is 15.2 Å². The summed E-state index contributed by atoms with van der Waals surface area (Å²) < 4.78 is 10.5. The molecule has 0 amide bonds. The molecule has 4 nitrogen and oxygen atoms in total. The molecule has 84 valence electrons. The lowest BCUT2D eigenvalue weighted by Crippen LogP contribution is -2.08. The second kappa shape index (κ2) is 5.46. The number of aliphatic hydroxyl groups is 1. The molecule has 0 fully saturated rings. The minimum atomic E-state index is -0.364. The van der Waals surface area contributed by atoms with Gasteiger partial charge in [0.05, 0.1) is 25.5 Å². The highest BCUT2D eigenvalue weighted by Gasteiger charge is 2.03. The van der Waals surface area contributed by atoms with Crippen molar-refractivity contribution in [1.82, 2.24) is 0 Å². The molecule has 0 bridgehead atoms. The number of methoxy groups -OCH3 is 1. The van der Waals surface area contributed by atoms with Crippen LogP contribution in [0.4, 0.5) is 5.69 Å². The fraction of sp³-hybridized carbons (Fsp3) is 0.455. The first-order valence-electron chi connectivity index (χ1n) is 4.88. The zero-order chi connectivity index (χ0) is 11.3. The number of rotatable bonds is 5. The second-order valence-electron chi connectivity index (χ2n) is 3.39. The highest BCUT2D eigenvalue weighted by atomic mass is 16.5. The lowest BCUT2D eigenvalue weighted by Gasteiger charge is -2.11. The minimum Gasteiger partial charge on any atom is -0.497 e. The summed E-state index contributed by atoms with van der Waals surface area (Å²) in [6.07, 6.45) is 0.216. The molecule has 3 N–H and O–H groups in total. The van der Waals surface area contributed by atoms with Gasteiger partial charge in [-0.15, -0.1) is 0 Å². The van der Waals surface area contributed by atoms with E-state index in [2.05, 4.69) is 0 Å². The van der Waals surface area contributed by atoms with Crippen LogP contribution in [0.5, 0.6) is 11.5 Å². The van der Waals surface area contributed by atoms with Crippen LogP contribution in [0.15, 0.2) is 18.2 Å². The third-order valence-electron chi connectivity index (χ3n) is 2.01. The Hall–Kier alpha value is -1.42. The van der Waals surface area contributed by atoms with Crippen molar-refractivity contribution < 1.29 is 14.6 Å². The number of ether oxygens (including phenoxy) is 2. The van der Waals surface area contributed by atoms with Crippen LogP contribution in [-0.4, -0.2) is 24.9 Å². The van der Waals surface area contributed by atoms with Crippen molar-refractivity contribution in [3.05, 3.63) is 18.2 Å². The molecule has 0 saturated heterocycles. The maximum atomic E-state index is 9.06. The molecule has 0 aromatic heterocycles. The smallest absolute Gasteiger partial charge is 0.145 e. The molecule has 0 aliphatic carbocycles. The first-order chi connectivity index (χ1) is 7.13. The fourth-order valence-corrected chi connectivity index (χ4v) is 1.11. The van der Waals surface area contributed by atoms with Gasteiger partial charge in [0.1, 0.15) is 11.5 Å². The number of aliphatic hydroxyl groups excluding tert-OH is 1. The lowest BCUT2D eigenvalue weighted by atomic mass is 10.2. The van der Waals surface area contributed by atoms with Gasteiger partial charge in [0.15, 0.2) is 0 Å². The zero-order valence-electron chi connectivity index (χ0n) is 9.06. The summed E-state index contributed by atoms with van der Waals surface area (Å²) in [6.45, 7) is 2.16. The number of hydrogen-bond donors (Lipinski definition) is 2. The summed E-state index contributed by atoms with van der Waals surface area (Å²) >= 11 is 0. The summed E-state index contributed by atoms with van der Waals surface area (Å²) in [7, 11) is 1.59. The van der Waals surface area contributed by atoms with Crippen LogP contribution in [0.2, 0.25) is 0 Å². The highest BCUT2D eigenvalue weighted by molar-refractivity contribution is 5.55. The molecule has 1 aromatic rings. The third kappa shape index (κ3) is 3.67. The average Bonchev–Trinajstić information content (AvgIpc) is 2.20. The molecule has 1 atom stereocenters. The first kappa shape index (κ1) is 11.7. The zero-order valence-corrected chi connectivity index (χ0v) is 9.06. The molecule has 0 aliphatic rings. The van der Waals surface area contributed by atoms with Crippen LogP contribution in [0.3, 0.4) is 0 Å². The van der Waals surface area contributed by atoms with Crippen molar-refractivity contribution in [2.24, 2.45) is 0 Å². The predicted octanol–water partition coefficient (Wildman–Crippen LogP) is 1.43. The Bertz CT molecular complexity index is 313. The Kier molecular flexibility index (Phi) is 4.24. The van der Waals surface area contributed by atoms with Gasteiger partial charge in [-0.1, -0.05) is 0 Å². The van der Waals surface area contributed by atoms with Crippen LogP contribution in [0.1, 0.15) is 13.3 Å². The summed E-state index contributed by atoms with van der Waals surface area (Å²) in [4.78, 5) is 0. The summed E-state index contributed by atoms with van der Waals surface area (Å²) in [5.74, 6) is 1.30. The normalized spacial score (nSPS) is 12.2. The molecule has 0 radical (unpaired) electrons. The Labute approximate surface area is 89.6 Å². The summed E-state index contributed by atoms with van der Waals surface area (Å²) in [6, 6.07) is 5.24. The number of nitrogen functional groups attached to an aromatic ring is 1. The van der Waals surface area contributed by atoms with Gasteiger partial charge in [0.2, 0.25) is 0 Å². The molecular formula is C11H17NO3. The first-order valence-corrected chi connectivity index (χ1v) is 4.88. The van der Waals surface area contributed by atoms with Crippen LogP contribution in [0.25, 0.3) is 0 Å². The van der Waals surface area contributed by atoms with Crippen molar-refractivity contribution in [3.63, 3.8) is 0 Å². The van der Waals surface area contributed by atoms with Crippen molar-refractivity contribution in [1.29, 1.82) is 0 Å². The Morgan fingerprint density at radius 2 is 2.20 bits per heavy atom. The number of benzene rings is 1. The molecular weight excluding hydrogens is 194 g/mol. The average molecular weight is 211 g/mol. The lowest BCUT2D eigenvalue weighted by molar-refractivity contribution is 0.156. The van der Waals surface area contributed by atoms with Gasteiger partial charge in [-0.05, 0) is 19.1 Å². The molecule has 0 saturated carbocycles. The summed E-state index contributed by atoms with van der Waals surface area (Å²) in [5, 5.41) is 9.06. The standard InChI is InChI=1S/C11H17NO3/c1-8(13)5-6-15-11-7-9(14-2)3-4-10(11)12/h3-4,7-8,13H,5-6,12H2,1-2H3. The molecule has 0 heterocycles. The van der Waals surface area contributed by atoms with Gasteiger partial charge in [-0.25, -0.2) is 0 Å². The van der Waals surface area contributed by atoms with Crippen molar-refractivity contribution in [2.75, 3.05) is 19.5 Å². The molecule has 1 rings (SSSR count). The van der Waals surface area contributed by atoms with Gasteiger partial charge in [-0.3, -0.25) is 0 Å². The van der Waals surface area contributed by atoms with Gasteiger partial charge in [-0.2, -0.15) is 0 Å². The van der Waals surface area contributed by atoms with E-state index in [1.807, 2.05) is 0 Å². The predicted molar refractivity (Wildman–Crippen MR) is 59.2 cm³/mol. The van der Waals surface area contributed by atoms with Crippen molar-refractivity contribution >= 4 is 5.69 Å². The molecule has 1 aromatic carbocycles. The maximum absolute atomic E-state index is 9.06. The monoisotopic (exact) mass is 211 g/mol. The van der Waals surface area contributed by atoms with Gasteiger partial charge in [0, 0.05) is 12.5 Å². The van der Waals surface area contributed by atoms with Crippen molar-refractivity contribution in [2.45, 2.75) is 19.4 Å². The topological polar surface area (TPSA) is 64.7 Å². The quantitative estimate of drug-likeness (QED) is 0.723. The Morgan fingerprint density at radius 1 is 1.47 bits per heavy atom. The van der Waals surface area contributed by atoms with Gasteiger partial charge in [0.25, 0.3) is 0 Å². The van der Waals surface area contributed by atoms with E-state index in [1.54, 1.807) is 32.2 Å². The van der Waals surface area contributed by atoms with E-state index < -0.39 is 0 Å². The molecule has 0 aliphatic heterocycles. The van der Waals surface area contributed by atoms with Gasteiger partial charge >= 0.3 is 0 Å². The second-order valence-corrected chi connectivity index (χ2v) is 3.39. The Balaban J connectivity index is 2.59. The van der Waals surface area contributed by atoms with E-state index in [0.717, 1.165) is 0 Å². The SMILES string of the molecule is COc1ccc(N)c(OCCC(C)O)c1. The van der Waals surface area contributed by atoms with E-state index in [-0.39, 0.29) is 6.10 Å². The Morgan fingerprint density at radius 3 is 2.80 bits per heavy atom. The van der Waals surface area contributed by atoms with Crippen LogP contribution >= 0.6 is 0 Å². The highest BCUT2D eigenvalue weighted by Crippen LogP contribution is 2.26. The minimum absolute atomic E-state index is 0.364. The van der Waals surface area contributed by atoms with E-state index in [4.69, 9.17) is 20.3 Å². The fourth-order valence-electron chi connectivity index (χ4n) is 1.11. The van der Waals surface area contributed by atoms with Crippen molar-refractivity contribution in [3.8, 4) is 11.5 Å².